The first-order valence-electron chi connectivity index (χ1n) is 6.64. The van der Waals surface area contributed by atoms with Crippen LogP contribution in [-0.2, 0) is 16.4 Å². The second-order valence-corrected chi connectivity index (χ2v) is 7.50. The Kier molecular flexibility index (Phi) is 4.87. The molecule has 1 aliphatic heterocycles. The molecule has 0 bridgehead atoms. The van der Waals surface area contributed by atoms with Gasteiger partial charge in [0.2, 0.25) is 10.0 Å². The van der Waals surface area contributed by atoms with Gasteiger partial charge in [0.05, 0.1) is 5.75 Å². The van der Waals surface area contributed by atoms with Gasteiger partial charge in [-0.25, -0.2) is 8.42 Å². The first-order valence-corrected chi connectivity index (χ1v) is 8.78. The maximum atomic E-state index is 12.4. The van der Waals surface area contributed by atoms with Gasteiger partial charge in [-0.1, -0.05) is 37.3 Å². The number of rotatable bonds is 5. The van der Waals surface area contributed by atoms with Gasteiger partial charge in [-0.3, -0.25) is 0 Å². The van der Waals surface area contributed by atoms with E-state index in [1.54, 1.807) is 4.31 Å². The fraction of sp³-hybridized carbons (Fsp3) is 0.571. The second kappa shape index (κ2) is 6.25. The van der Waals surface area contributed by atoms with E-state index < -0.39 is 10.0 Å². The Morgan fingerprint density at radius 1 is 1.32 bits per heavy atom. The highest BCUT2D eigenvalue weighted by Crippen LogP contribution is 2.28. The highest BCUT2D eigenvalue weighted by atomic mass is 35.5. The van der Waals surface area contributed by atoms with Gasteiger partial charge in [0.1, 0.15) is 0 Å². The van der Waals surface area contributed by atoms with Crippen molar-refractivity contribution in [3.05, 3.63) is 35.9 Å². The molecule has 2 atom stereocenters. The van der Waals surface area contributed by atoms with Crippen LogP contribution in [0.15, 0.2) is 30.3 Å². The van der Waals surface area contributed by atoms with Crippen LogP contribution in [0.3, 0.4) is 0 Å². The SMILES string of the molecule is CC1CCN(S(=O)(=O)CCc2ccccc2)C1CCl. The maximum absolute atomic E-state index is 12.4. The molecule has 1 heterocycles. The largest absolute Gasteiger partial charge is 0.214 e. The van der Waals surface area contributed by atoms with E-state index in [-0.39, 0.29) is 11.8 Å². The summed E-state index contributed by atoms with van der Waals surface area (Å²) in [5.74, 6) is 0.895. The maximum Gasteiger partial charge on any atom is 0.214 e. The van der Waals surface area contributed by atoms with Crippen LogP contribution >= 0.6 is 11.6 Å². The van der Waals surface area contributed by atoms with Crippen molar-refractivity contribution in [1.82, 2.24) is 4.31 Å². The van der Waals surface area contributed by atoms with Crippen LogP contribution in [0.5, 0.6) is 0 Å². The van der Waals surface area contributed by atoms with Crippen molar-refractivity contribution in [2.75, 3.05) is 18.2 Å². The van der Waals surface area contributed by atoms with E-state index in [0.29, 0.717) is 24.8 Å². The molecule has 0 N–H and O–H groups in total. The standard InChI is InChI=1S/C14H20ClNO2S/c1-12-7-9-16(14(12)11-15)19(17,18)10-8-13-5-3-2-4-6-13/h2-6,12,14H,7-11H2,1H3. The zero-order valence-electron chi connectivity index (χ0n) is 11.1. The van der Waals surface area contributed by atoms with Crippen LogP contribution in [0.25, 0.3) is 0 Å². The molecule has 19 heavy (non-hydrogen) atoms. The number of hydrogen-bond donors (Lipinski definition) is 0. The van der Waals surface area contributed by atoms with E-state index in [4.69, 9.17) is 11.6 Å². The molecule has 1 aromatic rings. The summed E-state index contributed by atoms with van der Waals surface area (Å²) in [5.41, 5.74) is 1.06. The summed E-state index contributed by atoms with van der Waals surface area (Å²) in [5, 5.41) is 0. The van der Waals surface area contributed by atoms with E-state index in [9.17, 15) is 8.42 Å². The third-order valence-electron chi connectivity index (χ3n) is 3.84. The van der Waals surface area contributed by atoms with Gasteiger partial charge in [0.15, 0.2) is 0 Å². The average molecular weight is 302 g/mol. The second-order valence-electron chi connectivity index (χ2n) is 5.15. The van der Waals surface area contributed by atoms with Crippen molar-refractivity contribution in [3.63, 3.8) is 0 Å². The molecular formula is C14H20ClNO2S. The molecule has 0 amide bonds. The number of halogens is 1. The molecule has 2 unspecified atom stereocenters. The van der Waals surface area contributed by atoms with Crippen LogP contribution in [0.2, 0.25) is 0 Å². The summed E-state index contributed by atoms with van der Waals surface area (Å²) in [6, 6.07) is 9.68. The molecule has 0 radical (unpaired) electrons. The van der Waals surface area contributed by atoms with Crippen molar-refractivity contribution >= 4 is 21.6 Å². The highest BCUT2D eigenvalue weighted by molar-refractivity contribution is 7.89. The first-order chi connectivity index (χ1) is 9.04. The Morgan fingerprint density at radius 3 is 2.63 bits per heavy atom. The summed E-state index contributed by atoms with van der Waals surface area (Å²) >= 11 is 5.91. The van der Waals surface area contributed by atoms with Crippen molar-refractivity contribution in [2.45, 2.75) is 25.8 Å². The van der Waals surface area contributed by atoms with Gasteiger partial charge in [-0.15, -0.1) is 11.6 Å². The molecule has 1 aliphatic rings. The quantitative estimate of drug-likeness (QED) is 0.784. The van der Waals surface area contributed by atoms with Gasteiger partial charge < -0.3 is 0 Å². The molecule has 3 nitrogen and oxygen atoms in total. The molecule has 2 rings (SSSR count). The van der Waals surface area contributed by atoms with E-state index in [1.807, 2.05) is 30.3 Å². The molecule has 0 spiro atoms. The third-order valence-corrected chi connectivity index (χ3v) is 6.04. The van der Waals surface area contributed by atoms with Crippen LogP contribution in [0.4, 0.5) is 0 Å². The summed E-state index contributed by atoms with van der Waals surface area (Å²) in [7, 11) is -3.20. The minimum absolute atomic E-state index is 0.0394. The Labute approximate surface area is 120 Å². The number of hydrogen-bond acceptors (Lipinski definition) is 2. The molecule has 1 fully saturated rings. The molecule has 106 valence electrons. The topological polar surface area (TPSA) is 37.4 Å². The lowest BCUT2D eigenvalue weighted by atomic mass is 10.1. The summed E-state index contributed by atoms with van der Waals surface area (Å²) in [6.07, 6.45) is 1.46. The normalized spacial score (nSPS) is 24.7. The van der Waals surface area contributed by atoms with Gasteiger partial charge in [-0.05, 0) is 24.3 Å². The number of alkyl halides is 1. The third kappa shape index (κ3) is 3.50. The lowest BCUT2D eigenvalue weighted by molar-refractivity contribution is 0.375. The molecular weight excluding hydrogens is 282 g/mol. The van der Waals surface area contributed by atoms with Gasteiger partial charge in [0.25, 0.3) is 0 Å². The van der Waals surface area contributed by atoms with E-state index in [1.165, 1.54) is 0 Å². The Balaban J connectivity index is 2.03. The fourth-order valence-electron chi connectivity index (χ4n) is 2.56. The summed E-state index contributed by atoms with van der Waals surface area (Å²) < 4.78 is 26.4. The van der Waals surface area contributed by atoms with Crippen LogP contribution in [0.1, 0.15) is 18.9 Å². The zero-order valence-corrected chi connectivity index (χ0v) is 12.7. The molecule has 5 heteroatoms. The average Bonchev–Trinajstić information content (AvgIpc) is 2.79. The smallest absolute Gasteiger partial charge is 0.212 e. The predicted molar refractivity (Wildman–Crippen MR) is 78.9 cm³/mol. The fourth-order valence-corrected chi connectivity index (χ4v) is 4.92. The van der Waals surface area contributed by atoms with Crippen molar-refractivity contribution in [3.8, 4) is 0 Å². The van der Waals surface area contributed by atoms with E-state index >= 15 is 0 Å². The monoisotopic (exact) mass is 301 g/mol. The van der Waals surface area contributed by atoms with Gasteiger partial charge in [-0.2, -0.15) is 4.31 Å². The van der Waals surface area contributed by atoms with Crippen LogP contribution < -0.4 is 0 Å². The van der Waals surface area contributed by atoms with Crippen LogP contribution in [0, 0.1) is 5.92 Å². The predicted octanol–water partition coefficient (Wildman–Crippen LogP) is 2.51. The molecule has 0 saturated carbocycles. The van der Waals surface area contributed by atoms with Gasteiger partial charge >= 0.3 is 0 Å². The van der Waals surface area contributed by atoms with Crippen LogP contribution in [-0.4, -0.2) is 36.9 Å². The minimum Gasteiger partial charge on any atom is -0.212 e. The molecule has 0 aliphatic carbocycles. The van der Waals surface area contributed by atoms with Crippen molar-refractivity contribution < 1.29 is 8.42 Å². The summed E-state index contributed by atoms with van der Waals surface area (Å²) in [4.78, 5) is 0. The Morgan fingerprint density at radius 2 is 2.00 bits per heavy atom. The summed E-state index contributed by atoms with van der Waals surface area (Å²) in [6.45, 7) is 2.68. The zero-order chi connectivity index (χ0) is 13.9. The number of nitrogens with zero attached hydrogens (tertiary/aromatic N) is 1. The van der Waals surface area contributed by atoms with E-state index in [2.05, 4.69) is 6.92 Å². The highest BCUT2D eigenvalue weighted by Gasteiger charge is 2.37. The lowest BCUT2D eigenvalue weighted by Crippen LogP contribution is -2.40. The molecule has 0 aromatic heterocycles. The lowest BCUT2D eigenvalue weighted by Gasteiger charge is -2.24. The first kappa shape index (κ1) is 14.8. The Hall–Kier alpha value is -0.580. The number of aryl methyl sites for hydroxylation is 1. The Bertz CT molecular complexity index is 503. The van der Waals surface area contributed by atoms with Crippen molar-refractivity contribution in [2.24, 2.45) is 5.92 Å². The molecule has 1 saturated heterocycles. The minimum atomic E-state index is -3.20. The number of benzene rings is 1. The van der Waals surface area contributed by atoms with Gasteiger partial charge in [0, 0.05) is 18.5 Å². The van der Waals surface area contributed by atoms with E-state index in [0.717, 1.165) is 12.0 Å². The molecule has 1 aromatic carbocycles. The van der Waals surface area contributed by atoms with Crippen molar-refractivity contribution in [1.29, 1.82) is 0 Å². The number of sulfonamides is 1.